The van der Waals surface area contributed by atoms with E-state index in [1.807, 2.05) is 0 Å². The molecule has 0 aliphatic heterocycles. The van der Waals surface area contributed by atoms with Gasteiger partial charge >= 0.3 is 5.97 Å². The number of thioether (sulfide) groups is 1. The highest BCUT2D eigenvalue weighted by molar-refractivity contribution is 7.99. The predicted octanol–water partition coefficient (Wildman–Crippen LogP) is 1.68. The second-order valence-corrected chi connectivity index (χ2v) is 4.88. The lowest BCUT2D eigenvalue weighted by Gasteiger charge is -2.02. The molecule has 0 unspecified atom stereocenters. The van der Waals surface area contributed by atoms with Crippen LogP contribution in [0.3, 0.4) is 0 Å². The molecule has 20 heavy (non-hydrogen) atoms. The van der Waals surface area contributed by atoms with E-state index in [2.05, 4.69) is 10.3 Å². The molecule has 2 rings (SSSR count). The second kappa shape index (κ2) is 6.15. The fraction of sp³-hybridized carbons (Fsp3) is 0.182. The molecular weight excluding hydrogens is 284 g/mol. The molecule has 1 aromatic carbocycles. The van der Waals surface area contributed by atoms with Gasteiger partial charge in [-0.3, -0.25) is 14.8 Å². The zero-order chi connectivity index (χ0) is 14.5. The van der Waals surface area contributed by atoms with Gasteiger partial charge in [-0.25, -0.2) is 4.79 Å². The third kappa shape index (κ3) is 3.32. The fourth-order valence-corrected chi connectivity index (χ4v) is 2.45. The molecule has 0 aliphatic carbocycles. The normalized spacial score (nSPS) is 10.4. The van der Waals surface area contributed by atoms with Crippen molar-refractivity contribution in [1.82, 2.24) is 15.0 Å². The van der Waals surface area contributed by atoms with E-state index in [4.69, 9.17) is 5.11 Å². The third-order valence-corrected chi connectivity index (χ3v) is 3.44. The molecule has 0 saturated heterocycles. The van der Waals surface area contributed by atoms with Crippen molar-refractivity contribution in [3.8, 4) is 0 Å². The summed E-state index contributed by atoms with van der Waals surface area (Å²) in [6.45, 7) is 0.414. The van der Waals surface area contributed by atoms with Gasteiger partial charge < -0.3 is 5.11 Å². The van der Waals surface area contributed by atoms with Crippen molar-refractivity contribution in [3.63, 3.8) is 0 Å². The lowest BCUT2D eigenvalue weighted by molar-refractivity contribution is -0.387. The van der Waals surface area contributed by atoms with E-state index in [-0.39, 0.29) is 11.4 Å². The van der Waals surface area contributed by atoms with Gasteiger partial charge in [0.1, 0.15) is 0 Å². The van der Waals surface area contributed by atoms with Crippen molar-refractivity contribution in [2.45, 2.75) is 11.4 Å². The molecule has 0 saturated carbocycles. The van der Waals surface area contributed by atoms with Crippen LogP contribution >= 0.6 is 11.8 Å². The van der Waals surface area contributed by atoms with Gasteiger partial charge in [0, 0.05) is 11.8 Å². The Balaban J connectivity index is 1.96. The van der Waals surface area contributed by atoms with E-state index >= 15 is 0 Å². The topological polar surface area (TPSA) is 111 Å². The monoisotopic (exact) mass is 294 g/mol. The standard InChI is InChI=1S/C11H10N4O4S/c16-11(17)8-7-14(13-12-8)5-6-20-10-4-2-1-3-9(10)15(18)19/h1-4,7H,5-6H2,(H,16,17). The number of hydrogen-bond acceptors (Lipinski definition) is 6. The number of hydrogen-bond donors (Lipinski definition) is 1. The Bertz CT molecular complexity index is 643. The van der Waals surface area contributed by atoms with Gasteiger partial charge in [-0.2, -0.15) is 0 Å². The van der Waals surface area contributed by atoms with Gasteiger partial charge in [-0.05, 0) is 6.07 Å². The maximum Gasteiger partial charge on any atom is 0.358 e. The Labute approximate surface area is 117 Å². The summed E-state index contributed by atoms with van der Waals surface area (Å²) in [6, 6.07) is 6.46. The molecule has 0 atom stereocenters. The minimum absolute atomic E-state index is 0.0577. The highest BCUT2D eigenvalue weighted by Crippen LogP contribution is 2.28. The summed E-state index contributed by atoms with van der Waals surface area (Å²) in [6.07, 6.45) is 1.32. The molecule has 0 amide bonds. The smallest absolute Gasteiger partial charge is 0.358 e. The number of nitro benzene ring substituents is 1. The highest BCUT2D eigenvalue weighted by atomic mass is 32.2. The van der Waals surface area contributed by atoms with Gasteiger partial charge in [0.05, 0.1) is 22.6 Å². The largest absolute Gasteiger partial charge is 0.476 e. The van der Waals surface area contributed by atoms with Crippen molar-refractivity contribution in [1.29, 1.82) is 0 Å². The number of para-hydroxylation sites is 1. The number of carboxylic acids is 1. The number of aromatic nitrogens is 3. The quantitative estimate of drug-likeness (QED) is 0.490. The molecule has 2 aromatic rings. The van der Waals surface area contributed by atoms with Crippen molar-refractivity contribution in [2.24, 2.45) is 0 Å². The summed E-state index contributed by atoms with van der Waals surface area (Å²) in [5.74, 6) is -0.615. The van der Waals surface area contributed by atoms with Crippen LogP contribution in [-0.2, 0) is 6.54 Å². The molecule has 1 N–H and O–H groups in total. The lowest BCUT2D eigenvalue weighted by Crippen LogP contribution is -2.01. The average molecular weight is 294 g/mol. The van der Waals surface area contributed by atoms with Crippen LogP contribution in [-0.4, -0.2) is 36.7 Å². The van der Waals surface area contributed by atoms with E-state index < -0.39 is 10.9 Å². The molecule has 0 bridgehead atoms. The molecule has 0 radical (unpaired) electrons. The SMILES string of the molecule is O=C(O)c1cn(CCSc2ccccc2[N+](=O)[O-])nn1. The van der Waals surface area contributed by atoms with Gasteiger partial charge in [0.2, 0.25) is 0 Å². The number of nitrogens with zero attached hydrogens (tertiary/aromatic N) is 4. The number of aryl methyl sites for hydroxylation is 1. The van der Waals surface area contributed by atoms with Gasteiger partial charge in [-0.15, -0.1) is 16.9 Å². The fourth-order valence-electron chi connectivity index (χ4n) is 1.48. The molecule has 8 nitrogen and oxygen atoms in total. The first-order valence-electron chi connectivity index (χ1n) is 5.57. The van der Waals surface area contributed by atoms with Crippen LogP contribution in [0.4, 0.5) is 5.69 Å². The number of rotatable bonds is 6. The van der Waals surface area contributed by atoms with Gasteiger partial charge in [0.25, 0.3) is 5.69 Å². The lowest BCUT2D eigenvalue weighted by atomic mass is 10.3. The number of nitro groups is 1. The second-order valence-electron chi connectivity index (χ2n) is 3.75. The van der Waals surface area contributed by atoms with Gasteiger partial charge in [-0.1, -0.05) is 17.3 Å². The van der Waals surface area contributed by atoms with Gasteiger partial charge in [0.15, 0.2) is 5.69 Å². The average Bonchev–Trinajstić information content (AvgIpc) is 2.88. The Morgan fingerprint density at radius 1 is 1.45 bits per heavy atom. The number of carboxylic acid groups (broad SMARTS) is 1. The first-order valence-corrected chi connectivity index (χ1v) is 6.56. The van der Waals surface area contributed by atoms with Crippen LogP contribution in [0.5, 0.6) is 0 Å². The molecule has 0 aliphatic rings. The first kappa shape index (κ1) is 14.0. The first-order chi connectivity index (χ1) is 9.58. The summed E-state index contributed by atoms with van der Waals surface area (Å²) in [7, 11) is 0. The van der Waals surface area contributed by atoms with Crippen LogP contribution in [0.15, 0.2) is 35.4 Å². The van der Waals surface area contributed by atoms with Crippen molar-refractivity contribution in [2.75, 3.05) is 5.75 Å². The molecule has 104 valence electrons. The van der Waals surface area contributed by atoms with Crippen LogP contribution in [0.1, 0.15) is 10.5 Å². The Hall–Kier alpha value is -2.42. The summed E-state index contributed by atoms with van der Waals surface area (Å²) >= 11 is 1.31. The minimum Gasteiger partial charge on any atom is -0.476 e. The number of aromatic carboxylic acids is 1. The molecule has 1 aromatic heterocycles. The predicted molar refractivity (Wildman–Crippen MR) is 70.8 cm³/mol. The van der Waals surface area contributed by atoms with Crippen LogP contribution < -0.4 is 0 Å². The van der Waals surface area contributed by atoms with E-state index in [0.717, 1.165) is 0 Å². The molecule has 0 fully saturated rings. The molecular formula is C11H10N4O4S. The summed E-state index contributed by atoms with van der Waals surface area (Å²) < 4.78 is 1.39. The summed E-state index contributed by atoms with van der Waals surface area (Å²) in [4.78, 5) is 21.6. The Morgan fingerprint density at radius 2 is 2.20 bits per heavy atom. The Morgan fingerprint density at radius 3 is 2.85 bits per heavy atom. The third-order valence-electron chi connectivity index (χ3n) is 2.40. The van der Waals surface area contributed by atoms with Crippen molar-refractivity contribution in [3.05, 3.63) is 46.3 Å². The summed E-state index contributed by atoms with van der Waals surface area (Å²) in [5, 5.41) is 26.7. The maximum atomic E-state index is 10.8. The highest BCUT2D eigenvalue weighted by Gasteiger charge is 2.13. The van der Waals surface area contributed by atoms with E-state index in [0.29, 0.717) is 17.2 Å². The molecule has 9 heteroatoms. The number of benzene rings is 1. The van der Waals surface area contributed by atoms with E-state index in [9.17, 15) is 14.9 Å². The Kier molecular flexibility index (Phi) is 4.31. The molecule has 0 spiro atoms. The van der Waals surface area contributed by atoms with Crippen molar-refractivity contribution >= 4 is 23.4 Å². The molecule has 1 heterocycles. The van der Waals surface area contributed by atoms with E-state index in [1.165, 1.54) is 28.7 Å². The van der Waals surface area contributed by atoms with E-state index in [1.54, 1.807) is 18.2 Å². The minimum atomic E-state index is -1.14. The van der Waals surface area contributed by atoms with Crippen molar-refractivity contribution < 1.29 is 14.8 Å². The maximum absolute atomic E-state index is 10.8. The zero-order valence-electron chi connectivity index (χ0n) is 10.2. The zero-order valence-corrected chi connectivity index (χ0v) is 11.0. The van der Waals surface area contributed by atoms with Crippen LogP contribution in [0, 0.1) is 10.1 Å². The van der Waals surface area contributed by atoms with Crippen LogP contribution in [0.2, 0.25) is 0 Å². The van der Waals surface area contributed by atoms with Crippen LogP contribution in [0.25, 0.3) is 0 Å². The number of carbonyl (C=O) groups is 1. The summed E-state index contributed by atoms with van der Waals surface area (Å²) in [5.41, 5.74) is -0.0667.